The predicted molar refractivity (Wildman–Crippen MR) is 70.7 cm³/mol. The van der Waals surface area contributed by atoms with E-state index in [2.05, 4.69) is 16.9 Å². The molecule has 0 bridgehead atoms. The zero-order valence-corrected chi connectivity index (χ0v) is 11.6. The molecule has 1 atom stereocenters. The molecule has 5 heteroatoms. The summed E-state index contributed by atoms with van der Waals surface area (Å²) in [6, 6.07) is 0. The van der Waals surface area contributed by atoms with Crippen molar-refractivity contribution < 1.29 is 9.53 Å². The summed E-state index contributed by atoms with van der Waals surface area (Å²) in [6.45, 7) is 4.06. The third-order valence-electron chi connectivity index (χ3n) is 2.59. The largest absolute Gasteiger partial charge is 0.458 e. The summed E-state index contributed by atoms with van der Waals surface area (Å²) in [5.74, 6) is -0.465. The molecule has 0 aliphatic carbocycles. The van der Waals surface area contributed by atoms with Crippen LogP contribution in [0.15, 0.2) is 12.4 Å². The Morgan fingerprint density at radius 1 is 1.39 bits per heavy atom. The van der Waals surface area contributed by atoms with Gasteiger partial charge in [0.2, 0.25) is 0 Å². The van der Waals surface area contributed by atoms with E-state index >= 15 is 0 Å². The fraction of sp³-hybridized carbons (Fsp3) is 0.615. The van der Waals surface area contributed by atoms with E-state index < -0.39 is 5.97 Å². The van der Waals surface area contributed by atoms with Crippen molar-refractivity contribution in [3.63, 3.8) is 0 Å². The lowest BCUT2D eigenvalue weighted by molar-refractivity contribution is 0.0312. The number of carbonyl (C=O) groups is 1. The van der Waals surface area contributed by atoms with E-state index in [1.165, 1.54) is 31.7 Å². The molecule has 100 valence electrons. The number of esters is 1. The lowest BCUT2D eigenvalue weighted by Gasteiger charge is -2.12. The predicted octanol–water partition coefficient (Wildman–Crippen LogP) is 3.65. The van der Waals surface area contributed by atoms with Gasteiger partial charge in [-0.15, -0.1) is 0 Å². The van der Waals surface area contributed by atoms with Gasteiger partial charge in [-0.1, -0.05) is 37.8 Å². The molecule has 18 heavy (non-hydrogen) atoms. The molecule has 4 nitrogen and oxygen atoms in total. The summed E-state index contributed by atoms with van der Waals surface area (Å²) >= 11 is 5.66. The van der Waals surface area contributed by atoms with Gasteiger partial charge in [0.05, 0.1) is 18.5 Å². The Kier molecular flexibility index (Phi) is 6.65. The topological polar surface area (TPSA) is 52.1 Å². The minimum atomic E-state index is -0.465. The van der Waals surface area contributed by atoms with Gasteiger partial charge in [-0.2, -0.15) is 0 Å². The van der Waals surface area contributed by atoms with Gasteiger partial charge in [0.15, 0.2) is 5.69 Å². The second kappa shape index (κ2) is 8.03. The van der Waals surface area contributed by atoms with Crippen LogP contribution in [0.1, 0.15) is 56.4 Å². The second-order valence-corrected chi connectivity index (χ2v) is 4.68. The molecular weight excluding hydrogens is 252 g/mol. The molecule has 0 fully saturated rings. The maximum absolute atomic E-state index is 11.7. The van der Waals surface area contributed by atoms with Gasteiger partial charge in [-0.05, 0) is 19.8 Å². The van der Waals surface area contributed by atoms with Crippen LogP contribution < -0.4 is 0 Å². The first kappa shape index (κ1) is 14.9. The quantitative estimate of drug-likeness (QED) is 0.561. The number of aromatic nitrogens is 2. The minimum Gasteiger partial charge on any atom is -0.458 e. The Morgan fingerprint density at radius 2 is 2.17 bits per heavy atom. The molecule has 0 amide bonds. The molecule has 0 saturated heterocycles. The van der Waals surface area contributed by atoms with Gasteiger partial charge >= 0.3 is 5.97 Å². The highest BCUT2D eigenvalue weighted by atomic mass is 35.5. The number of nitrogens with zero attached hydrogens (tertiary/aromatic N) is 2. The molecule has 0 aliphatic rings. The van der Waals surface area contributed by atoms with Crippen molar-refractivity contribution in [1.29, 1.82) is 0 Å². The van der Waals surface area contributed by atoms with Crippen molar-refractivity contribution in [2.75, 3.05) is 0 Å². The number of hydrogen-bond donors (Lipinski definition) is 0. The average molecular weight is 271 g/mol. The fourth-order valence-corrected chi connectivity index (χ4v) is 1.75. The van der Waals surface area contributed by atoms with Crippen LogP contribution in [0.4, 0.5) is 0 Å². The third-order valence-corrected chi connectivity index (χ3v) is 2.77. The first-order valence-corrected chi connectivity index (χ1v) is 6.69. The van der Waals surface area contributed by atoms with Gasteiger partial charge < -0.3 is 4.74 Å². The molecule has 1 rings (SSSR count). The first-order chi connectivity index (χ1) is 8.63. The summed E-state index contributed by atoms with van der Waals surface area (Å²) < 4.78 is 5.27. The van der Waals surface area contributed by atoms with Gasteiger partial charge in [-0.3, -0.25) is 4.98 Å². The lowest BCUT2D eigenvalue weighted by Crippen LogP contribution is -2.16. The van der Waals surface area contributed by atoms with Crippen molar-refractivity contribution in [2.45, 2.75) is 52.1 Å². The number of rotatable bonds is 7. The number of ether oxygens (including phenoxy) is 1. The molecule has 0 radical (unpaired) electrons. The van der Waals surface area contributed by atoms with Gasteiger partial charge in [-0.25, -0.2) is 9.78 Å². The molecule has 1 aromatic rings. The molecule has 0 aliphatic heterocycles. The highest BCUT2D eigenvalue weighted by Gasteiger charge is 2.13. The highest BCUT2D eigenvalue weighted by molar-refractivity contribution is 6.29. The van der Waals surface area contributed by atoms with Gasteiger partial charge in [0.1, 0.15) is 5.15 Å². The molecule has 0 N–H and O–H groups in total. The van der Waals surface area contributed by atoms with Crippen LogP contribution in [0.5, 0.6) is 0 Å². The first-order valence-electron chi connectivity index (χ1n) is 6.32. The fourth-order valence-electron chi connectivity index (χ4n) is 1.60. The standard InChI is InChI=1S/C13H19ClN2O2/c1-3-4-5-6-7-10(2)18-13(17)11-8-15-9-12(14)16-11/h8-10H,3-7H2,1-2H3. The molecule has 1 aromatic heterocycles. The van der Waals surface area contributed by atoms with Gasteiger partial charge in [0, 0.05) is 0 Å². The minimum absolute atomic E-state index is 0.102. The maximum atomic E-state index is 11.7. The molecule has 0 aromatic carbocycles. The molecule has 0 spiro atoms. The molecule has 0 saturated carbocycles. The van der Waals surface area contributed by atoms with E-state index in [-0.39, 0.29) is 17.0 Å². The number of unbranched alkanes of at least 4 members (excludes halogenated alkanes) is 3. The monoisotopic (exact) mass is 270 g/mol. The number of hydrogen-bond acceptors (Lipinski definition) is 4. The van der Waals surface area contributed by atoms with Crippen LogP contribution in [0, 0.1) is 0 Å². The lowest BCUT2D eigenvalue weighted by atomic mass is 10.1. The maximum Gasteiger partial charge on any atom is 0.358 e. The summed E-state index contributed by atoms with van der Waals surface area (Å²) in [7, 11) is 0. The Hall–Kier alpha value is -1.16. The second-order valence-electron chi connectivity index (χ2n) is 4.29. The SMILES string of the molecule is CCCCCCC(C)OC(=O)c1cncc(Cl)n1. The Labute approximate surface area is 113 Å². The van der Waals surface area contributed by atoms with Crippen LogP contribution in [0.25, 0.3) is 0 Å². The summed E-state index contributed by atoms with van der Waals surface area (Å²) in [6.07, 6.45) is 8.19. The van der Waals surface area contributed by atoms with Crippen molar-refractivity contribution in [3.05, 3.63) is 23.2 Å². The van der Waals surface area contributed by atoms with Crippen LogP contribution >= 0.6 is 11.6 Å². The smallest absolute Gasteiger partial charge is 0.358 e. The van der Waals surface area contributed by atoms with Crippen molar-refractivity contribution in [3.8, 4) is 0 Å². The Balaban J connectivity index is 2.35. The van der Waals surface area contributed by atoms with E-state index in [1.807, 2.05) is 6.92 Å². The zero-order chi connectivity index (χ0) is 13.4. The van der Waals surface area contributed by atoms with Crippen molar-refractivity contribution in [2.24, 2.45) is 0 Å². The Bertz CT molecular complexity index is 385. The van der Waals surface area contributed by atoms with Crippen LogP contribution in [0.3, 0.4) is 0 Å². The van der Waals surface area contributed by atoms with E-state index in [9.17, 15) is 4.79 Å². The molecule has 1 unspecified atom stereocenters. The van der Waals surface area contributed by atoms with E-state index in [0.717, 1.165) is 12.8 Å². The average Bonchev–Trinajstić information content (AvgIpc) is 2.34. The van der Waals surface area contributed by atoms with Crippen LogP contribution in [-0.4, -0.2) is 22.0 Å². The van der Waals surface area contributed by atoms with Gasteiger partial charge in [0.25, 0.3) is 0 Å². The van der Waals surface area contributed by atoms with Crippen molar-refractivity contribution in [1.82, 2.24) is 9.97 Å². The molecule has 1 heterocycles. The van der Waals surface area contributed by atoms with E-state index in [4.69, 9.17) is 16.3 Å². The third kappa shape index (κ3) is 5.45. The molecular formula is C13H19ClN2O2. The van der Waals surface area contributed by atoms with Crippen molar-refractivity contribution >= 4 is 17.6 Å². The summed E-state index contributed by atoms with van der Waals surface area (Å²) in [5, 5.41) is 0.194. The number of carbonyl (C=O) groups excluding carboxylic acids is 1. The van der Waals surface area contributed by atoms with Crippen LogP contribution in [0.2, 0.25) is 5.15 Å². The summed E-state index contributed by atoms with van der Waals surface area (Å²) in [4.78, 5) is 19.4. The van der Waals surface area contributed by atoms with E-state index in [0.29, 0.717) is 0 Å². The Morgan fingerprint density at radius 3 is 2.83 bits per heavy atom. The van der Waals surface area contributed by atoms with E-state index in [1.54, 1.807) is 0 Å². The highest BCUT2D eigenvalue weighted by Crippen LogP contribution is 2.10. The van der Waals surface area contributed by atoms with Crippen LogP contribution in [-0.2, 0) is 4.74 Å². The zero-order valence-electron chi connectivity index (χ0n) is 10.9. The normalized spacial score (nSPS) is 12.2. The summed E-state index contributed by atoms with van der Waals surface area (Å²) in [5.41, 5.74) is 0.155. The number of halogens is 1.